The van der Waals surface area contributed by atoms with Crippen LogP contribution in [0.15, 0.2) is 28.9 Å². The Morgan fingerprint density at radius 2 is 2.27 bits per heavy atom. The Hall–Kier alpha value is -1.84. The average molecular weight is 208 g/mol. The maximum Gasteiger partial charge on any atom is 0.336 e. The van der Waals surface area contributed by atoms with Crippen LogP contribution in [0.2, 0.25) is 0 Å². The summed E-state index contributed by atoms with van der Waals surface area (Å²) in [5, 5.41) is 9.29. The first-order valence-corrected chi connectivity index (χ1v) is 4.48. The van der Waals surface area contributed by atoms with Crippen molar-refractivity contribution >= 4 is 16.9 Å². The molecule has 0 saturated heterocycles. The van der Waals surface area contributed by atoms with Crippen molar-refractivity contribution in [2.75, 3.05) is 0 Å². The van der Waals surface area contributed by atoms with Crippen molar-refractivity contribution in [3.63, 3.8) is 0 Å². The van der Waals surface area contributed by atoms with E-state index in [1.807, 2.05) is 0 Å². The smallest absolute Gasteiger partial charge is 0.336 e. The fourth-order valence-corrected chi connectivity index (χ4v) is 1.58. The van der Waals surface area contributed by atoms with Crippen LogP contribution in [-0.2, 0) is 0 Å². The molecule has 0 bridgehead atoms. The quantitative estimate of drug-likeness (QED) is 0.824. The van der Waals surface area contributed by atoms with Gasteiger partial charge in [0.15, 0.2) is 0 Å². The number of alkyl halides is 1. The number of aromatic carboxylic acids is 1. The molecule has 0 radical (unpaired) electrons. The third-order valence-electron chi connectivity index (χ3n) is 2.29. The molecule has 0 saturated carbocycles. The fourth-order valence-electron chi connectivity index (χ4n) is 1.58. The van der Waals surface area contributed by atoms with E-state index in [-0.39, 0.29) is 11.1 Å². The van der Waals surface area contributed by atoms with Gasteiger partial charge < -0.3 is 9.52 Å². The first-order valence-electron chi connectivity index (χ1n) is 4.48. The van der Waals surface area contributed by atoms with Gasteiger partial charge in [-0.2, -0.15) is 0 Å². The molecule has 1 heterocycles. The lowest BCUT2D eigenvalue weighted by atomic mass is 10.0. The minimum atomic E-state index is -1.24. The van der Waals surface area contributed by atoms with E-state index in [2.05, 4.69) is 0 Å². The van der Waals surface area contributed by atoms with E-state index in [0.717, 1.165) is 0 Å². The third kappa shape index (κ3) is 1.48. The molecule has 78 valence electrons. The molecule has 0 amide bonds. The molecule has 2 rings (SSSR count). The molecule has 0 aliphatic rings. The van der Waals surface area contributed by atoms with Gasteiger partial charge in [-0.05, 0) is 19.1 Å². The Morgan fingerprint density at radius 3 is 2.87 bits per heavy atom. The van der Waals surface area contributed by atoms with E-state index >= 15 is 0 Å². The molecule has 0 aliphatic heterocycles. The summed E-state index contributed by atoms with van der Waals surface area (Å²) in [5.41, 5.74) is 0.748. The van der Waals surface area contributed by atoms with Gasteiger partial charge in [-0.3, -0.25) is 0 Å². The SMILES string of the molecule is CC(F)c1coc2cccc(C(=O)O)c12. The molecule has 1 aromatic heterocycles. The Morgan fingerprint density at radius 1 is 1.53 bits per heavy atom. The molecular weight excluding hydrogens is 199 g/mol. The van der Waals surface area contributed by atoms with Gasteiger partial charge in [0.2, 0.25) is 0 Å². The molecule has 15 heavy (non-hydrogen) atoms. The maximum absolute atomic E-state index is 13.2. The van der Waals surface area contributed by atoms with Gasteiger partial charge in [-0.1, -0.05) is 6.07 Å². The van der Waals surface area contributed by atoms with Gasteiger partial charge in [0.25, 0.3) is 0 Å². The highest BCUT2D eigenvalue weighted by atomic mass is 19.1. The molecule has 0 aliphatic carbocycles. The van der Waals surface area contributed by atoms with Gasteiger partial charge in [-0.15, -0.1) is 0 Å². The van der Waals surface area contributed by atoms with Crippen molar-refractivity contribution in [1.29, 1.82) is 0 Å². The van der Waals surface area contributed by atoms with Crippen LogP contribution in [0, 0.1) is 0 Å². The second-order valence-electron chi connectivity index (χ2n) is 3.29. The highest BCUT2D eigenvalue weighted by Gasteiger charge is 2.18. The highest BCUT2D eigenvalue weighted by molar-refractivity contribution is 6.03. The largest absolute Gasteiger partial charge is 0.478 e. The maximum atomic E-state index is 13.2. The van der Waals surface area contributed by atoms with E-state index < -0.39 is 12.1 Å². The van der Waals surface area contributed by atoms with E-state index in [0.29, 0.717) is 11.0 Å². The molecule has 0 fully saturated rings. The van der Waals surface area contributed by atoms with Crippen molar-refractivity contribution in [2.45, 2.75) is 13.1 Å². The normalized spacial score (nSPS) is 12.9. The number of carboxylic acids is 1. The summed E-state index contributed by atoms with van der Waals surface area (Å²) in [7, 11) is 0. The van der Waals surface area contributed by atoms with Crippen LogP contribution in [0.3, 0.4) is 0 Å². The van der Waals surface area contributed by atoms with Crippen molar-refractivity contribution in [3.05, 3.63) is 35.6 Å². The second kappa shape index (κ2) is 3.38. The Labute approximate surface area is 85.1 Å². The Balaban J connectivity index is 2.80. The number of rotatable bonds is 2. The summed E-state index contributed by atoms with van der Waals surface area (Å²) in [6, 6.07) is 4.63. The summed E-state index contributed by atoms with van der Waals surface area (Å²) >= 11 is 0. The molecule has 1 N–H and O–H groups in total. The van der Waals surface area contributed by atoms with Gasteiger partial charge in [-0.25, -0.2) is 9.18 Å². The number of hydrogen-bond donors (Lipinski definition) is 1. The molecule has 0 spiro atoms. The summed E-state index contributed by atoms with van der Waals surface area (Å²) < 4.78 is 18.3. The number of furan rings is 1. The summed E-state index contributed by atoms with van der Waals surface area (Å²) in [4.78, 5) is 10.9. The molecule has 3 nitrogen and oxygen atoms in total. The van der Waals surface area contributed by atoms with Crippen molar-refractivity contribution in [3.8, 4) is 0 Å². The van der Waals surface area contributed by atoms with Gasteiger partial charge >= 0.3 is 5.97 Å². The average Bonchev–Trinajstić information content (AvgIpc) is 2.60. The minimum Gasteiger partial charge on any atom is -0.478 e. The number of benzene rings is 1. The summed E-state index contributed by atoms with van der Waals surface area (Å²) in [6.45, 7) is 1.35. The molecule has 1 aromatic carbocycles. The van der Waals surface area contributed by atoms with E-state index in [9.17, 15) is 9.18 Å². The van der Waals surface area contributed by atoms with Crippen molar-refractivity contribution in [1.82, 2.24) is 0 Å². The van der Waals surface area contributed by atoms with Crippen LogP contribution < -0.4 is 0 Å². The van der Waals surface area contributed by atoms with E-state index in [1.54, 1.807) is 12.1 Å². The van der Waals surface area contributed by atoms with Crippen LogP contribution in [0.1, 0.15) is 29.0 Å². The van der Waals surface area contributed by atoms with Crippen LogP contribution in [0.25, 0.3) is 11.0 Å². The molecule has 4 heteroatoms. The Kier molecular flexibility index (Phi) is 2.19. The molecular formula is C11H9FO3. The fraction of sp³-hybridized carbons (Fsp3) is 0.182. The van der Waals surface area contributed by atoms with Crippen LogP contribution in [0.5, 0.6) is 0 Å². The number of carboxylic acid groups (broad SMARTS) is 1. The molecule has 1 atom stereocenters. The summed E-state index contributed by atoms with van der Waals surface area (Å²) in [5.74, 6) is -1.08. The van der Waals surface area contributed by atoms with E-state index in [4.69, 9.17) is 9.52 Å². The van der Waals surface area contributed by atoms with Crippen molar-refractivity contribution < 1.29 is 18.7 Å². The lowest BCUT2D eigenvalue weighted by Crippen LogP contribution is -1.98. The number of halogens is 1. The zero-order valence-electron chi connectivity index (χ0n) is 8.03. The number of carbonyl (C=O) groups is 1. The highest BCUT2D eigenvalue weighted by Crippen LogP contribution is 2.30. The van der Waals surface area contributed by atoms with Crippen LogP contribution in [0.4, 0.5) is 4.39 Å². The second-order valence-corrected chi connectivity index (χ2v) is 3.29. The predicted molar refractivity (Wildman–Crippen MR) is 52.7 cm³/mol. The van der Waals surface area contributed by atoms with Gasteiger partial charge in [0.05, 0.1) is 11.8 Å². The summed E-state index contributed by atoms with van der Waals surface area (Å²) in [6.07, 6.45) is 0.0219. The van der Waals surface area contributed by atoms with Gasteiger partial charge in [0.1, 0.15) is 11.8 Å². The topological polar surface area (TPSA) is 50.4 Å². The van der Waals surface area contributed by atoms with E-state index in [1.165, 1.54) is 19.3 Å². The zero-order valence-corrected chi connectivity index (χ0v) is 8.03. The zero-order chi connectivity index (χ0) is 11.0. The molecule has 2 aromatic rings. The van der Waals surface area contributed by atoms with Crippen LogP contribution >= 0.6 is 0 Å². The lowest BCUT2D eigenvalue weighted by molar-refractivity contribution is 0.0699. The Bertz CT molecular complexity index is 514. The number of fused-ring (bicyclic) bond motifs is 1. The van der Waals surface area contributed by atoms with Crippen LogP contribution in [-0.4, -0.2) is 11.1 Å². The predicted octanol–water partition coefficient (Wildman–Crippen LogP) is 3.16. The first-order chi connectivity index (χ1) is 7.11. The lowest BCUT2D eigenvalue weighted by Gasteiger charge is -2.01. The molecule has 1 unspecified atom stereocenters. The number of hydrogen-bond acceptors (Lipinski definition) is 2. The van der Waals surface area contributed by atoms with Crippen molar-refractivity contribution in [2.24, 2.45) is 0 Å². The van der Waals surface area contributed by atoms with Gasteiger partial charge in [0, 0.05) is 10.9 Å². The monoisotopic (exact) mass is 208 g/mol. The minimum absolute atomic E-state index is 0.0701. The third-order valence-corrected chi connectivity index (χ3v) is 2.29. The first kappa shape index (κ1) is 9.71. The standard InChI is InChI=1S/C11H9FO3/c1-6(12)8-5-15-9-4-2-3-7(10(8)9)11(13)14/h2-6H,1H3,(H,13,14).